The molecule has 4 aromatic rings. The molecular weight excluding hydrogens is 580 g/mol. The lowest BCUT2D eigenvalue weighted by Crippen LogP contribution is -2.39. The minimum Gasteiger partial charge on any atom is -0.265 e. The van der Waals surface area contributed by atoms with E-state index in [9.17, 15) is 34.8 Å². The highest BCUT2D eigenvalue weighted by molar-refractivity contribution is 7.87. The van der Waals surface area contributed by atoms with Gasteiger partial charge >= 0.3 is 22.5 Å². The standard InChI is InChI=1S/C31H27F6NO3S/c1-18-12-19(2)15-23(14-18)27(30(32,33)34)29(28(31(35,36)37)24-16-20(3)13-21(4)17-24)38-41-42(39,40)26-11-7-9-22-8-5-6-10-25(22)26/h5-17,27-28H,1-4H3. The first-order valence-electron chi connectivity index (χ1n) is 12.8. The molecule has 2 atom stereocenters. The van der Waals surface area contributed by atoms with E-state index in [0.717, 1.165) is 30.3 Å². The lowest BCUT2D eigenvalue weighted by molar-refractivity contribution is -0.148. The number of hydrogen-bond acceptors (Lipinski definition) is 4. The van der Waals surface area contributed by atoms with E-state index in [2.05, 4.69) is 5.16 Å². The highest BCUT2D eigenvalue weighted by Gasteiger charge is 2.54. The Morgan fingerprint density at radius 2 is 1.10 bits per heavy atom. The van der Waals surface area contributed by atoms with Crippen molar-refractivity contribution in [2.45, 2.75) is 56.8 Å². The first-order chi connectivity index (χ1) is 19.5. The molecule has 42 heavy (non-hydrogen) atoms. The Balaban J connectivity index is 2.01. The Bertz CT molecular complexity index is 1640. The Morgan fingerprint density at radius 1 is 0.667 bits per heavy atom. The molecule has 4 rings (SSSR count). The average molecular weight is 608 g/mol. The molecule has 0 fully saturated rings. The molecule has 222 valence electrons. The summed E-state index contributed by atoms with van der Waals surface area (Å²) in [7, 11) is -4.96. The molecule has 0 aliphatic carbocycles. The van der Waals surface area contributed by atoms with Gasteiger partial charge in [-0.15, -0.1) is 0 Å². The summed E-state index contributed by atoms with van der Waals surface area (Å²) in [6, 6.07) is 17.9. The van der Waals surface area contributed by atoms with Crippen LogP contribution in [0.25, 0.3) is 10.8 Å². The summed E-state index contributed by atoms with van der Waals surface area (Å²) < 4.78 is 120. The minimum atomic E-state index is -5.30. The van der Waals surface area contributed by atoms with Crippen molar-refractivity contribution in [2.24, 2.45) is 5.16 Å². The zero-order chi connectivity index (χ0) is 31.0. The topological polar surface area (TPSA) is 55.7 Å². The molecule has 2 unspecified atom stereocenters. The second-order valence-electron chi connectivity index (χ2n) is 10.3. The van der Waals surface area contributed by atoms with Crippen LogP contribution in [0.5, 0.6) is 0 Å². The van der Waals surface area contributed by atoms with Crippen LogP contribution in [0.4, 0.5) is 26.3 Å². The van der Waals surface area contributed by atoms with Crippen molar-refractivity contribution in [2.75, 3.05) is 0 Å². The van der Waals surface area contributed by atoms with Crippen molar-refractivity contribution in [1.82, 2.24) is 0 Å². The van der Waals surface area contributed by atoms with Crippen LogP contribution in [-0.2, 0) is 14.4 Å². The third-order valence-corrected chi connectivity index (χ3v) is 7.83. The van der Waals surface area contributed by atoms with Gasteiger partial charge in [0.15, 0.2) is 0 Å². The first-order valence-corrected chi connectivity index (χ1v) is 14.2. The van der Waals surface area contributed by atoms with Crippen molar-refractivity contribution in [3.63, 3.8) is 0 Å². The third-order valence-electron chi connectivity index (χ3n) is 6.66. The summed E-state index contributed by atoms with van der Waals surface area (Å²) in [6.07, 6.45) is -10.6. The van der Waals surface area contributed by atoms with Gasteiger partial charge in [-0.2, -0.15) is 34.8 Å². The second-order valence-corrected chi connectivity index (χ2v) is 11.8. The number of hydrogen-bond donors (Lipinski definition) is 0. The summed E-state index contributed by atoms with van der Waals surface area (Å²) >= 11 is 0. The summed E-state index contributed by atoms with van der Waals surface area (Å²) in [5, 5.41) is 3.91. The number of fused-ring (bicyclic) bond motifs is 1. The van der Waals surface area contributed by atoms with E-state index in [4.69, 9.17) is 4.28 Å². The lowest BCUT2D eigenvalue weighted by atomic mass is 9.80. The van der Waals surface area contributed by atoms with Gasteiger partial charge in [0.2, 0.25) is 0 Å². The predicted molar refractivity (Wildman–Crippen MR) is 149 cm³/mol. The molecule has 4 nitrogen and oxygen atoms in total. The molecule has 0 aromatic heterocycles. The minimum absolute atomic E-state index is 0.167. The highest BCUT2D eigenvalue weighted by atomic mass is 32.2. The molecule has 0 radical (unpaired) electrons. The van der Waals surface area contributed by atoms with Crippen LogP contribution >= 0.6 is 0 Å². The van der Waals surface area contributed by atoms with E-state index < -0.39 is 56.0 Å². The fourth-order valence-corrected chi connectivity index (χ4v) is 6.19. The molecule has 11 heteroatoms. The van der Waals surface area contributed by atoms with E-state index in [-0.39, 0.29) is 5.39 Å². The van der Waals surface area contributed by atoms with Crippen molar-refractivity contribution in [3.8, 4) is 0 Å². The SMILES string of the molecule is Cc1cc(C)cc(C(C(=NOS(=O)(=O)c2cccc3ccccc23)C(c2cc(C)cc(C)c2)C(F)(F)F)C(F)(F)F)c1. The van der Waals surface area contributed by atoms with Gasteiger partial charge in [0.05, 0.1) is 5.71 Å². The quantitative estimate of drug-likeness (QED) is 0.120. The van der Waals surface area contributed by atoms with Gasteiger partial charge in [0, 0.05) is 5.39 Å². The summed E-state index contributed by atoms with van der Waals surface area (Å²) in [5.41, 5.74) is -1.10. The van der Waals surface area contributed by atoms with Gasteiger partial charge in [0.1, 0.15) is 16.7 Å². The van der Waals surface area contributed by atoms with E-state index in [0.29, 0.717) is 27.6 Å². The number of benzene rings is 4. The molecule has 4 aromatic carbocycles. The lowest BCUT2D eigenvalue weighted by Gasteiger charge is -2.30. The van der Waals surface area contributed by atoms with Crippen LogP contribution in [0, 0.1) is 27.7 Å². The molecular formula is C31H27F6NO3S. The van der Waals surface area contributed by atoms with Gasteiger partial charge < -0.3 is 0 Å². The van der Waals surface area contributed by atoms with Crippen LogP contribution in [-0.4, -0.2) is 26.5 Å². The monoisotopic (exact) mass is 607 g/mol. The van der Waals surface area contributed by atoms with Gasteiger partial charge in [-0.25, -0.2) is 0 Å². The zero-order valence-electron chi connectivity index (χ0n) is 23.0. The van der Waals surface area contributed by atoms with Crippen LogP contribution in [0.15, 0.2) is 88.9 Å². The summed E-state index contributed by atoms with van der Waals surface area (Å²) in [4.78, 5) is -0.450. The van der Waals surface area contributed by atoms with Crippen molar-refractivity contribution in [1.29, 1.82) is 0 Å². The number of halogens is 6. The molecule has 0 saturated carbocycles. The van der Waals surface area contributed by atoms with E-state index in [1.54, 1.807) is 30.3 Å². The molecule has 0 N–H and O–H groups in total. The van der Waals surface area contributed by atoms with Gasteiger partial charge in [-0.1, -0.05) is 100 Å². The predicted octanol–water partition coefficient (Wildman–Crippen LogP) is 8.83. The summed E-state index contributed by atoms with van der Waals surface area (Å²) in [6.45, 7) is 6.03. The normalized spacial score (nSPS) is 14.0. The van der Waals surface area contributed by atoms with E-state index >= 15 is 0 Å². The molecule has 0 heterocycles. The average Bonchev–Trinajstić information content (AvgIpc) is 2.84. The summed E-state index contributed by atoms with van der Waals surface area (Å²) in [5.74, 6) is -5.88. The van der Waals surface area contributed by atoms with Gasteiger partial charge in [-0.05, 0) is 50.3 Å². The molecule has 0 spiro atoms. The number of nitrogens with zero attached hydrogens (tertiary/aromatic N) is 1. The Kier molecular flexibility index (Phi) is 8.46. The molecule has 0 aliphatic rings. The maximum atomic E-state index is 14.8. The first kappa shape index (κ1) is 31.1. The van der Waals surface area contributed by atoms with E-state index in [1.807, 2.05) is 0 Å². The number of rotatable bonds is 7. The second kappa shape index (κ2) is 11.4. The highest BCUT2D eigenvalue weighted by Crippen LogP contribution is 2.46. The Hall–Kier alpha value is -3.86. The number of alkyl halides is 6. The smallest absolute Gasteiger partial charge is 0.265 e. The Morgan fingerprint density at radius 3 is 1.55 bits per heavy atom. The number of oxime groups is 1. The molecule has 0 aliphatic heterocycles. The fourth-order valence-electron chi connectivity index (χ4n) is 5.23. The largest absolute Gasteiger partial charge is 0.401 e. The number of aryl methyl sites for hydroxylation is 4. The molecule has 0 bridgehead atoms. The van der Waals surface area contributed by atoms with Crippen LogP contribution < -0.4 is 0 Å². The zero-order valence-corrected chi connectivity index (χ0v) is 23.8. The third kappa shape index (κ3) is 6.78. The van der Waals surface area contributed by atoms with Crippen molar-refractivity contribution >= 4 is 26.6 Å². The van der Waals surface area contributed by atoms with Gasteiger partial charge in [0.25, 0.3) is 0 Å². The van der Waals surface area contributed by atoms with Crippen LogP contribution in [0.1, 0.15) is 45.2 Å². The maximum absolute atomic E-state index is 14.8. The van der Waals surface area contributed by atoms with Crippen molar-refractivity contribution < 1.29 is 39.0 Å². The van der Waals surface area contributed by atoms with E-state index in [1.165, 1.54) is 45.9 Å². The fraction of sp³-hybridized carbons (Fsp3) is 0.258. The molecule has 0 saturated heterocycles. The Labute approximate surface area is 239 Å². The maximum Gasteiger partial charge on any atom is 0.401 e. The van der Waals surface area contributed by atoms with Crippen molar-refractivity contribution in [3.05, 3.63) is 112 Å². The molecule has 0 amide bonds. The van der Waals surface area contributed by atoms with Crippen LogP contribution in [0.2, 0.25) is 0 Å². The van der Waals surface area contributed by atoms with Gasteiger partial charge in [-0.3, -0.25) is 4.28 Å². The van der Waals surface area contributed by atoms with Crippen LogP contribution in [0.3, 0.4) is 0 Å².